The highest BCUT2D eigenvalue weighted by Gasteiger charge is 2.33. The summed E-state index contributed by atoms with van der Waals surface area (Å²) in [5, 5.41) is 3.98. The lowest BCUT2D eigenvalue weighted by Crippen LogP contribution is -2.18. The maximum absolute atomic E-state index is 13.2. The predicted octanol–water partition coefficient (Wildman–Crippen LogP) is 5.25. The summed E-state index contributed by atoms with van der Waals surface area (Å²) in [6.07, 6.45) is 4.03. The second-order valence-electron chi connectivity index (χ2n) is 11.1. The quantitative estimate of drug-likeness (QED) is 0.157. The van der Waals surface area contributed by atoms with Crippen molar-refractivity contribution in [2.24, 2.45) is 11.1 Å². The Morgan fingerprint density at radius 1 is 1.02 bits per heavy atom. The highest BCUT2D eigenvalue weighted by atomic mass is 32.2. The fraction of sp³-hybridized carbons (Fsp3) is 0.257. The van der Waals surface area contributed by atoms with Crippen molar-refractivity contribution in [3.63, 3.8) is 0 Å². The molecule has 3 aromatic carbocycles. The Kier molecular flexibility index (Phi) is 10.0. The van der Waals surface area contributed by atoms with Crippen LogP contribution in [-0.2, 0) is 38.7 Å². The summed E-state index contributed by atoms with van der Waals surface area (Å²) in [5.41, 5.74) is 3.91. The standard InChI is InChI=1S/C35H34N2O9S/c1-21(43-3)16-17-45-34(39)24-8-7-9-27(18-24)47(41,42)37-26-14-12-23(13-15-26)32-31(35(40)46-36-32)20-25-19-30(22(2)33(38)44-4)29-11-6-5-10-28(25)29/h5-15,18-22,30,37H,16-17H2,1-4H3. The van der Waals surface area contributed by atoms with Gasteiger partial charge in [-0.3, -0.25) is 9.52 Å². The van der Waals surface area contributed by atoms with Gasteiger partial charge in [0.2, 0.25) is 0 Å². The average molecular weight is 659 g/mol. The molecule has 244 valence electrons. The fourth-order valence-electron chi connectivity index (χ4n) is 5.29. The Bertz CT molecular complexity index is 1900. The van der Waals surface area contributed by atoms with Crippen molar-refractivity contribution in [1.82, 2.24) is 0 Å². The summed E-state index contributed by atoms with van der Waals surface area (Å²) in [5.74, 6) is -2.31. The van der Waals surface area contributed by atoms with Crippen LogP contribution in [0.4, 0.5) is 5.69 Å². The molecule has 1 aliphatic heterocycles. The molecule has 0 bridgehead atoms. The maximum atomic E-state index is 13.2. The summed E-state index contributed by atoms with van der Waals surface area (Å²) in [6, 6.07) is 19.5. The number of carbonyl (C=O) groups is 3. The van der Waals surface area contributed by atoms with Crippen molar-refractivity contribution in [3.8, 4) is 0 Å². The van der Waals surface area contributed by atoms with Crippen molar-refractivity contribution < 1.29 is 41.8 Å². The van der Waals surface area contributed by atoms with E-state index in [1.807, 2.05) is 37.3 Å². The molecule has 1 N–H and O–H groups in total. The minimum atomic E-state index is -4.06. The van der Waals surface area contributed by atoms with Gasteiger partial charge in [0.05, 0.1) is 41.8 Å². The zero-order valence-electron chi connectivity index (χ0n) is 26.3. The summed E-state index contributed by atoms with van der Waals surface area (Å²) in [4.78, 5) is 42.5. The van der Waals surface area contributed by atoms with Crippen LogP contribution >= 0.6 is 0 Å². The Hall–Kier alpha value is -5.07. The SMILES string of the molecule is COC(=O)C(C)C1C=C(C=C2C(=O)ON=C2c2ccc(NS(=O)(=O)c3cccc(C(=O)OCCC(C)OC)c3)cc2)c2ccccc21. The number of rotatable bonds is 12. The van der Waals surface area contributed by atoms with Gasteiger partial charge < -0.3 is 19.0 Å². The number of nitrogens with zero attached hydrogens (tertiary/aromatic N) is 1. The highest BCUT2D eigenvalue weighted by molar-refractivity contribution is 7.92. The number of hydrogen-bond donors (Lipinski definition) is 1. The molecule has 2 aliphatic rings. The lowest BCUT2D eigenvalue weighted by Gasteiger charge is -2.16. The molecule has 0 fully saturated rings. The molecule has 3 atom stereocenters. The number of ether oxygens (including phenoxy) is 3. The fourth-order valence-corrected chi connectivity index (χ4v) is 6.39. The second-order valence-corrected chi connectivity index (χ2v) is 12.8. The van der Waals surface area contributed by atoms with E-state index >= 15 is 0 Å². The van der Waals surface area contributed by atoms with Crippen LogP contribution in [-0.4, -0.2) is 59.0 Å². The smallest absolute Gasteiger partial charge is 0.368 e. The number of carbonyl (C=O) groups excluding carboxylic acids is 3. The van der Waals surface area contributed by atoms with Crippen molar-refractivity contribution >= 4 is 44.9 Å². The number of oxime groups is 1. The van der Waals surface area contributed by atoms with Crippen molar-refractivity contribution in [1.29, 1.82) is 0 Å². The average Bonchev–Trinajstić information content (AvgIpc) is 3.64. The number of sulfonamides is 1. The van der Waals surface area contributed by atoms with Gasteiger partial charge in [-0.2, -0.15) is 0 Å². The molecule has 1 heterocycles. The van der Waals surface area contributed by atoms with Gasteiger partial charge in [-0.25, -0.2) is 18.0 Å². The highest BCUT2D eigenvalue weighted by Crippen LogP contribution is 2.42. The van der Waals surface area contributed by atoms with Gasteiger partial charge >= 0.3 is 17.9 Å². The summed E-state index contributed by atoms with van der Waals surface area (Å²) in [7, 11) is -1.15. The predicted molar refractivity (Wildman–Crippen MR) is 174 cm³/mol. The molecule has 1 aliphatic carbocycles. The van der Waals surface area contributed by atoms with Gasteiger partial charge in [0, 0.05) is 30.7 Å². The van der Waals surface area contributed by atoms with E-state index in [4.69, 9.17) is 19.0 Å². The van der Waals surface area contributed by atoms with Gasteiger partial charge in [0.15, 0.2) is 0 Å². The number of anilines is 1. The van der Waals surface area contributed by atoms with Crippen LogP contribution in [0.1, 0.15) is 53.2 Å². The molecule has 0 spiro atoms. The first kappa shape index (κ1) is 33.3. The van der Waals surface area contributed by atoms with Crippen LogP contribution in [0.15, 0.2) is 101 Å². The van der Waals surface area contributed by atoms with E-state index in [0.717, 1.165) is 16.7 Å². The third-order valence-corrected chi connectivity index (χ3v) is 9.43. The van der Waals surface area contributed by atoms with Crippen LogP contribution in [0, 0.1) is 5.92 Å². The summed E-state index contributed by atoms with van der Waals surface area (Å²) in [6.45, 7) is 3.78. The largest absolute Gasteiger partial charge is 0.469 e. The molecule has 0 amide bonds. The number of nitrogens with one attached hydrogen (secondary N) is 1. The molecular formula is C35H34N2O9S. The van der Waals surface area contributed by atoms with Crippen LogP contribution in [0.3, 0.4) is 0 Å². The Balaban J connectivity index is 1.32. The van der Waals surface area contributed by atoms with Gasteiger partial charge in [-0.15, -0.1) is 0 Å². The lowest BCUT2D eigenvalue weighted by molar-refractivity contribution is -0.145. The van der Waals surface area contributed by atoms with E-state index in [9.17, 15) is 22.8 Å². The molecule has 0 aromatic heterocycles. The monoisotopic (exact) mass is 658 g/mol. The molecule has 5 rings (SSSR count). The molecular weight excluding hydrogens is 624 g/mol. The molecule has 3 aromatic rings. The van der Waals surface area contributed by atoms with Crippen LogP contribution in [0.5, 0.6) is 0 Å². The molecule has 0 saturated heterocycles. The van der Waals surface area contributed by atoms with E-state index in [0.29, 0.717) is 12.0 Å². The molecule has 12 heteroatoms. The Morgan fingerprint density at radius 2 is 1.77 bits per heavy atom. The third-order valence-electron chi connectivity index (χ3n) is 8.05. The number of hydrogen-bond acceptors (Lipinski definition) is 10. The van der Waals surface area contributed by atoms with E-state index in [1.165, 1.54) is 43.5 Å². The second kappa shape index (κ2) is 14.1. The van der Waals surface area contributed by atoms with E-state index in [2.05, 4.69) is 9.88 Å². The Morgan fingerprint density at radius 3 is 2.49 bits per heavy atom. The van der Waals surface area contributed by atoms with Crippen LogP contribution < -0.4 is 4.72 Å². The molecule has 11 nitrogen and oxygen atoms in total. The topological polar surface area (TPSA) is 147 Å². The zero-order chi connectivity index (χ0) is 33.7. The number of fused-ring (bicyclic) bond motifs is 1. The minimum Gasteiger partial charge on any atom is -0.469 e. The first-order valence-electron chi connectivity index (χ1n) is 14.9. The van der Waals surface area contributed by atoms with Gasteiger partial charge in [-0.1, -0.05) is 60.6 Å². The third kappa shape index (κ3) is 7.34. The molecule has 0 saturated carbocycles. The lowest BCUT2D eigenvalue weighted by atomic mass is 9.89. The first-order chi connectivity index (χ1) is 22.5. The van der Waals surface area contributed by atoms with E-state index in [-0.39, 0.29) is 52.0 Å². The maximum Gasteiger partial charge on any atom is 0.368 e. The molecule has 3 unspecified atom stereocenters. The van der Waals surface area contributed by atoms with Crippen molar-refractivity contribution in [3.05, 3.63) is 113 Å². The number of methoxy groups -OCH3 is 2. The molecule has 0 radical (unpaired) electrons. The minimum absolute atomic E-state index is 0.0837. The normalized spacial score (nSPS) is 17.7. The number of esters is 2. The summed E-state index contributed by atoms with van der Waals surface area (Å²) >= 11 is 0. The van der Waals surface area contributed by atoms with Crippen LogP contribution in [0.25, 0.3) is 5.57 Å². The van der Waals surface area contributed by atoms with Gasteiger partial charge in [0.1, 0.15) is 5.71 Å². The molecule has 47 heavy (non-hydrogen) atoms. The zero-order valence-corrected chi connectivity index (χ0v) is 27.1. The first-order valence-corrected chi connectivity index (χ1v) is 16.3. The van der Waals surface area contributed by atoms with Crippen molar-refractivity contribution in [2.45, 2.75) is 37.2 Å². The van der Waals surface area contributed by atoms with E-state index < -0.39 is 27.9 Å². The number of allylic oxidation sites excluding steroid dienone is 3. The van der Waals surface area contributed by atoms with Crippen LogP contribution in [0.2, 0.25) is 0 Å². The van der Waals surface area contributed by atoms with Gasteiger partial charge in [0.25, 0.3) is 10.0 Å². The summed E-state index contributed by atoms with van der Waals surface area (Å²) < 4.78 is 44.2. The van der Waals surface area contributed by atoms with Gasteiger partial charge in [-0.05, 0) is 60.0 Å². The Labute approximate surface area is 272 Å². The number of benzene rings is 3. The van der Waals surface area contributed by atoms with E-state index in [1.54, 1.807) is 32.2 Å². The van der Waals surface area contributed by atoms with Crippen molar-refractivity contribution in [2.75, 3.05) is 25.5 Å².